The Morgan fingerprint density at radius 2 is 2.19 bits per heavy atom. The molecule has 0 saturated carbocycles. The van der Waals surface area contributed by atoms with Gasteiger partial charge in [0.1, 0.15) is 5.69 Å². The van der Waals surface area contributed by atoms with E-state index in [-0.39, 0.29) is 30.3 Å². The number of rotatable bonds is 8. The summed E-state index contributed by atoms with van der Waals surface area (Å²) >= 11 is 0. The summed E-state index contributed by atoms with van der Waals surface area (Å²) in [6.07, 6.45) is 1.43. The van der Waals surface area contributed by atoms with Gasteiger partial charge >= 0.3 is 0 Å². The molecule has 0 amide bonds. The zero-order valence-corrected chi connectivity index (χ0v) is 12.4. The minimum Gasteiger partial charge on any atom is -0.393 e. The van der Waals surface area contributed by atoms with Gasteiger partial charge in [-0.15, -0.1) is 6.58 Å². The van der Waals surface area contributed by atoms with Crippen molar-refractivity contribution in [2.75, 3.05) is 32.5 Å². The van der Waals surface area contributed by atoms with Crippen molar-refractivity contribution in [3.63, 3.8) is 0 Å². The maximum absolute atomic E-state index is 12.5. The van der Waals surface area contributed by atoms with Gasteiger partial charge < -0.3 is 10.5 Å². The normalized spacial score (nSPS) is 11.5. The highest BCUT2D eigenvalue weighted by Gasteiger charge is 2.26. The Labute approximate surface area is 123 Å². The van der Waals surface area contributed by atoms with Gasteiger partial charge in [0, 0.05) is 26.3 Å². The summed E-state index contributed by atoms with van der Waals surface area (Å²) in [5.74, 6) is 0. The van der Waals surface area contributed by atoms with Crippen LogP contribution in [0.5, 0.6) is 0 Å². The topological polar surface area (TPSA) is 116 Å². The molecule has 2 N–H and O–H groups in total. The highest BCUT2D eigenvalue weighted by Crippen LogP contribution is 2.26. The van der Waals surface area contributed by atoms with Crippen LogP contribution in [0.2, 0.25) is 0 Å². The van der Waals surface area contributed by atoms with Crippen LogP contribution in [-0.4, -0.2) is 44.5 Å². The molecule has 0 fully saturated rings. The van der Waals surface area contributed by atoms with Crippen LogP contribution < -0.4 is 5.73 Å². The van der Waals surface area contributed by atoms with Gasteiger partial charge in [0.05, 0.1) is 16.4 Å². The van der Waals surface area contributed by atoms with Gasteiger partial charge in [0.15, 0.2) is 0 Å². The number of benzene rings is 1. The minimum atomic E-state index is -3.89. The summed E-state index contributed by atoms with van der Waals surface area (Å²) < 4.78 is 30.9. The summed E-state index contributed by atoms with van der Waals surface area (Å²) in [6.45, 7) is 3.89. The summed E-state index contributed by atoms with van der Waals surface area (Å²) in [7, 11) is -2.43. The number of nitrogens with zero attached hydrogens (tertiary/aromatic N) is 2. The van der Waals surface area contributed by atoms with E-state index in [2.05, 4.69) is 6.58 Å². The molecule has 1 rings (SSSR count). The van der Waals surface area contributed by atoms with E-state index in [1.54, 1.807) is 0 Å². The first kappa shape index (κ1) is 17.1. The van der Waals surface area contributed by atoms with Crippen molar-refractivity contribution in [1.82, 2.24) is 4.31 Å². The molecule has 0 radical (unpaired) electrons. The van der Waals surface area contributed by atoms with Gasteiger partial charge in [0.2, 0.25) is 10.0 Å². The molecule has 116 valence electrons. The first-order chi connectivity index (χ1) is 9.84. The quantitative estimate of drug-likeness (QED) is 0.331. The molecule has 1 aromatic carbocycles. The number of hydrogen-bond acceptors (Lipinski definition) is 6. The molecule has 0 aliphatic heterocycles. The van der Waals surface area contributed by atoms with Crippen molar-refractivity contribution >= 4 is 21.4 Å². The Morgan fingerprint density at radius 1 is 1.52 bits per heavy atom. The fourth-order valence-electron chi connectivity index (χ4n) is 1.64. The van der Waals surface area contributed by atoms with Crippen LogP contribution in [0.1, 0.15) is 0 Å². The standard InChI is InChI=1S/C12H17N3O5S/c1-3-6-14(7-8-20-2)21(18,19)10-4-5-11(13)12(9-10)15(16)17/h3-5,9H,1,6-8,13H2,2H3. The number of nitro benzene ring substituents is 1. The third-order valence-electron chi connectivity index (χ3n) is 2.71. The fraction of sp³-hybridized carbons (Fsp3) is 0.333. The Hall–Kier alpha value is -1.97. The lowest BCUT2D eigenvalue weighted by molar-refractivity contribution is -0.384. The monoisotopic (exact) mass is 315 g/mol. The van der Waals surface area contributed by atoms with Gasteiger partial charge in [0.25, 0.3) is 5.69 Å². The van der Waals surface area contributed by atoms with Crippen LogP contribution in [0.15, 0.2) is 35.7 Å². The molecule has 0 atom stereocenters. The van der Waals surface area contributed by atoms with E-state index in [1.165, 1.54) is 25.3 Å². The van der Waals surface area contributed by atoms with Crippen LogP contribution in [0, 0.1) is 10.1 Å². The van der Waals surface area contributed by atoms with Crippen molar-refractivity contribution in [2.24, 2.45) is 0 Å². The molecule has 0 spiro atoms. The summed E-state index contributed by atoms with van der Waals surface area (Å²) in [6, 6.07) is 3.39. The van der Waals surface area contributed by atoms with E-state index in [9.17, 15) is 18.5 Å². The largest absolute Gasteiger partial charge is 0.393 e. The molecule has 1 aromatic rings. The number of anilines is 1. The van der Waals surface area contributed by atoms with Gasteiger partial charge in [-0.25, -0.2) is 8.42 Å². The van der Waals surface area contributed by atoms with Crippen LogP contribution >= 0.6 is 0 Å². The van der Waals surface area contributed by atoms with E-state index in [1.807, 2.05) is 0 Å². The number of methoxy groups -OCH3 is 1. The van der Waals surface area contributed by atoms with Crippen molar-refractivity contribution in [1.29, 1.82) is 0 Å². The first-order valence-corrected chi connectivity index (χ1v) is 7.42. The van der Waals surface area contributed by atoms with E-state index in [4.69, 9.17) is 10.5 Å². The molecule has 0 aliphatic rings. The third kappa shape index (κ3) is 4.00. The average molecular weight is 315 g/mol. The number of sulfonamides is 1. The molecule has 8 nitrogen and oxygen atoms in total. The van der Waals surface area contributed by atoms with Gasteiger partial charge in [-0.3, -0.25) is 10.1 Å². The lowest BCUT2D eigenvalue weighted by Gasteiger charge is -2.20. The van der Waals surface area contributed by atoms with E-state index < -0.39 is 20.6 Å². The SMILES string of the molecule is C=CCN(CCOC)S(=O)(=O)c1ccc(N)c([N+](=O)[O-])c1. The van der Waals surface area contributed by atoms with Crippen LogP contribution in [0.4, 0.5) is 11.4 Å². The average Bonchev–Trinajstić information content (AvgIpc) is 2.43. The molecule has 0 bridgehead atoms. The maximum atomic E-state index is 12.5. The Balaban J connectivity index is 3.24. The summed E-state index contributed by atoms with van der Waals surface area (Å²) in [5.41, 5.74) is 4.93. The van der Waals surface area contributed by atoms with E-state index in [0.717, 1.165) is 10.4 Å². The van der Waals surface area contributed by atoms with Gasteiger partial charge in [-0.2, -0.15) is 4.31 Å². The molecular weight excluding hydrogens is 298 g/mol. The maximum Gasteiger partial charge on any atom is 0.293 e. The molecule has 0 saturated heterocycles. The second-order valence-corrected chi connectivity index (χ2v) is 6.06. The Kier molecular flexibility index (Phi) is 5.82. The summed E-state index contributed by atoms with van der Waals surface area (Å²) in [4.78, 5) is 9.94. The van der Waals surface area contributed by atoms with E-state index in [0.29, 0.717) is 0 Å². The second-order valence-electron chi connectivity index (χ2n) is 4.12. The summed E-state index contributed by atoms with van der Waals surface area (Å²) in [5, 5.41) is 10.8. The molecule has 0 unspecified atom stereocenters. The lowest BCUT2D eigenvalue weighted by Crippen LogP contribution is -2.34. The Morgan fingerprint density at radius 3 is 2.71 bits per heavy atom. The van der Waals surface area contributed by atoms with Crippen molar-refractivity contribution < 1.29 is 18.1 Å². The highest BCUT2D eigenvalue weighted by atomic mass is 32.2. The number of nitrogens with two attached hydrogens (primary N) is 1. The van der Waals surface area contributed by atoms with Crippen molar-refractivity contribution in [3.8, 4) is 0 Å². The number of nitrogen functional groups attached to an aromatic ring is 1. The number of nitro groups is 1. The van der Waals surface area contributed by atoms with Gasteiger partial charge in [-0.05, 0) is 12.1 Å². The van der Waals surface area contributed by atoms with Crippen molar-refractivity contribution in [2.45, 2.75) is 4.90 Å². The highest BCUT2D eigenvalue weighted by molar-refractivity contribution is 7.89. The molecule has 0 aliphatic carbocycles. The third-order valence-corrected chi connectivity index (χ3v) is 4.58. The number of hydrogen-bond donors (Lipinski definition) is 1. The minimum absolute atomic E-state index is 0.0733. The first-order valence-electron chi connectivity index (χ1n) is 5.98. The van der Waals surface area contributed by atoms with Gasteiger partial charge in [-0.1, -0.05) is 6.08 Å². The molecule has 0 aromatic heterocycles. The zero-order valence-electron chi connectivity index (χ0n) is 11.6. The molecule has 0 heterocycles. The second kappa shape index (κ2) is 7.16. The zero-order chi connectivity index (χ0) is 16.0. The van der Waals surface area contributed by atoms with Crippen LogP contribution in [0.25, 0.3) is 0 Å². The van der Waals surface area contributed by atoms with E-state index >= 15 is 0 Å². The molecule has 9 heteroatoms. The smallest absolute Gasteiger partial charge is 0.293 e. The number of ether oxygens (including phenoxy) is 1. The predicted molar refractivity (Wildman–Crippen MR) is 78.3 cm³/mol. The Bertz CT molecular complexity index is 630. The van der Waals surface area contributed by atoms with Crippen LogP contribution in [0.3, 0.4) is 0 Å². The van der Waals surface area contributed by atoms with Crippen LogP contribution in [-0.2, 0) is 14.8 Å². The molecule has 21 heavy (non-hydrogen) atoms. The predicted octanol–water partition coefficient (Wildman–Crippen LogP) is 1.00. The lowest BCUT2D eigenvalue weighted by atomic mass is 10.3. The molecular formula is C12H17N3O5S. The van der Waals surface area contributed by atoms with Crippen molar-refractivity contribution in [3.05, 3.63) is 41.0 Å². The fourth-order valence-corrected chi connectivity index (χ4v) is 3.05.